The van der Waals surface area contributed by atoms with Crippen LogP contribution < -0.4 is 4.74 Å². The van der Waals surface area contributed by atoms with Crippen LogP contribution in [0.25, 0.3) is 0 Å². The summed E-state index contributed by atoms with van der Waals surface area (Å²) < 4.78 is 9.63. The monoisotopic (exact) mass is 214 g/mol. The molecule has 1 aromatic rings. The third kappa shape index (κ3) is 1.82. The maximum absolute atomic E-state index is 11.4. The Hall–Kier alpha value is -1.22. The standard InChI is InChI=1S/C10H11ClO3/c1-6-4-5-7(13-2)8(9(6)11)10(12)14-3/h4-5H,1-3H3. The Balaban J connectivity index is 3.35. The SMILES string of the molecule is COC(=O)c1c(OC)ccc(C)c1Cl. The molecule has 0 N–H and O–H groups in total. The number of hydrogen-bond donors (Lipinski definition) is 0. The molecule has 0 heterocycles. The van der Waals surface area contributed by atoms with Crippen molar-refractivity contribution in [3.63, 3.8) is 0 Å². The second kappa shape index (κ2) is 4.33. The summed E-state index contributed by atoms with van der Waals surface area (Å²) in [4.78, 5) is 11.4. The molecule has 0 amide bonds. The molecule has 0 aromatic heterocycles. The first-order valence-electron chi connectivity index (χ1n) is 4.03. The first-order valence-corrected chi connectivity index (χ1v) is 4.41. The van der Waals surface area contributed by atoms with Gasteiger partial charge >= 0.3 is 5.97 Å². The van der Waals surface area contributed by atoms with E-state index in [0.29, 0.717) is 10.8 Å². The van der Waals surface area contributed by atoms with Crippen molar-refractivity contribution in [1.82, 2.24) is 0 Å². The summed E-state index contributed by atoms with van der Waals surface area (Å²) in [5.41, 5.74) is 1.09. The van der Waals surface area contributed by atoms with E-state index in [1.807, 2.05) is 6.92 Å². The van der Waals surface area contributed by atoms with Crippen LogP contribution in [0.2, 0.25) is 5.02 Å². The number of ether oxygens (including phenoxy) is 2. The van der Waals surface area contributed by atoms with Crippen molar-refractivity contribution < 1.29 is 14.3 Å². The smallest absolute Gasteiger partial charge is 0.343 e. The van der Waals surface area contributed by atoms with Gasteiger partial charge in [-0.15, -0.1) is 0 Å². The van der Waals surface area contributed by atoms with Gasteiger partial charge in [0, 0.05) is 0 Å². The molecule has 0 aliphatic rings. The lowest BCUT2D eigenvalue weighted by molar-refractivity contribution is 0.0597. The van der Waals surface area contributed by atoms with E-state index >= 15 is 0 Å². The minimum absolute atomic E-state index is 0.275. The van der Waals surface area contributed by atoms with Gasteiger partial charge in [-0.3, -0.25) is 0 Å². The molecule has 0 bridgehead atoms. The summed E-state index contributed by atoms with van der Waals surface area (Å²) in [7, 11) is 2.79. The molecule has 0 unspecified atom stereocenters. The molecule has 0 saturated heterocycles. The molecule has 76 valence electrons. The van der Waals surface area contributed by atoms with Crippen LogP contribution in [0.1, 0.15) is 15.9 Å². The fourth-order valence-electron chi connectivity index (χ4n) is 1.12. The number of halogens is 1. The number of methoxy groups -OCH3 is 2. The summed E-state index contributed by atoms with van der Waals surface area (Å²) >= 11 is 5.97. The molecule has 0 aliphatic heterocycles. The summed E-state index contributed by atoms with van der Waals surface area (Å²) in [6, 6.07) is 3.47. The van der Waals surface area contributed by atoms with E-state index in [4.69, 9.17) is 16.3 Å². The molecule has 0 spiro atoms. The Morgan fingerprint density at radius 3 is 2.50 bits per heavy atom. The van der Waals surface area contributed by atoms with Crippen molar-refractivity contribution >= 4 is 17.6 Å². The van der Waals surface area contributed by atoms with E-state index in [1.165, 1.54) is 14.2 Å². The predicted octanol–water partition coefficient (Wildman–Crippen LogP) is 2.44. The lowest BCUT2D eigenvalue weighted by atomic mass is 10.1. The summed E-state index contributed by atoms with van der Waals surface area (Å²) in [6.07, 6.45) is 0. The largest absolute Gasteiger partial charge is 0.496 e. The highest BCUT2D eigenvalue weighted by Crippen LogP contribution is 2.29. The van der Waals surface area contributed by atoms with Gasteiger partial charge in [-0.2, -0.15) is 0 Å². The molecule has 0 atom stereocenters. The number of carbonyl (C=O) groups excluding carboxylic acids is 1. The lowest BCUT2D eigenvalue weighted by Crippen LogP contribution is -2.05. The van der Waals surface area contributed by atoms with E-state index in [2.05, 4.69) is 4.74 Å². The number of hydrogen-bond acceptors (Lipinski definition) is 3. The van der Waals surface area contributed by atoms with Crippen molar-refractivity contribution in [2.24, 2.45) is 0 Å². The minimum atomic E-state index is -0.490. The predicted molar refractivity (Wildman–Crippen MR) is 54.1 cm³/mol. The second-order valence-corrected chi connectivity index (χ2v) is 3.14. The molecule has 4 heteroatoms. The molecular weight excluding hydrogens is 204 g/mol. The van der Waals surface area contributed by atoms with Gasteiger partial charge in [0.2, 0.25) is 0 Å². The normalized spacial score (nSPS) is 9.71. The van der Waals surface area contributed by atoms with Gasteiger partial charge in [0.1, 0.15) is 11.3 Å². The van der Waals surface area contributed by atoms with Crippen LogP contribution >= 0.6 is 11.6 Å². The van der Waals surface area contributed by atoms with Gasteiger partial charge < -0.3 is 9.47 Å². The van der Waals surface area contributed by atoms with Gasteiger partial charge in [0.05, 0.1) is 19.2 Å². The maximum atomic E-state index is 11.4. The average Bonchev–Trinajstić information content (AvgIpc) is 2.20. The minimum Gasteiger partial charge on any atom is -0.496 e. The summed E-state index contributed by atoms with van der Waals surface area (Å²) in [5.74, 6) is -0.0667. The first kappa shape index (κ1) is 10.9. The van der Waals surface area contributed by atoms with Crippen molar-refractivity contribution in [3.05, 3.63) is 28.3 Å². The Bertz CT molecular complexity index is 361. The molecule has 1 rings (SSSR count). The van der Waals surface area contributed by atoms with Gasteiger partial charge in [0.25, 0.3) is 0 Å². The van der Waals surface area contributed by atoms with Crippen molar-refractivity contribution in [3.8, 4) is 5.75 Å². The molecule has 0 fully saturated rings. The highest BCUT2D eigenvalue weighted by atomic mass is 35.5. The topological polar surface area (TPSA) is 35.5 Å². The van der Waals surface area contributed by atoms with Crippen molar-refractivity contribution in [2.45, 2.75) is 6.92 Å². The zero-order valence-electron chi connectivity index (χ0n) is 8.26. The van der Waals surface area contributed by atoms with E-state index in [0.717, 1.165) is 5.56 Å². The second-order valence-electron chi connectivity index (χ2n) is 2.77. The highest BCUT2D eigenvalue weighted by molar-refractivity contribution is 6.34. The molecule has 14 heavy (non-hydrogen) atoms. The molecular formula is C10H11ClO3. The van der Waals surface area contributed by atoms with Crippen LogP contribution in [0.3, 0.4) is 0 Å². The van der Waals surface area contributed by atoms with Gasteiger partial charge in [-0.25, -0.2) is 4.79 Å². The van der Waals surface area contributed by atoms with Gasteiger partial charge in [0.15, 0.2) is 0 Å². The van der Waals surface area contributed by atoms with Crippen molar-refractivity contribution in [1.29, 1.82) is 0 Å². The number of aryl methyl sites for hydroxylation is 1. The number of esters is 1. The lowest BCUT2D eigenvalue weighted by Gasteiger charge is -2.09. The highest BCUT2D eigenvalue weighted by Gasteiger charge is 2.18. The number of carbonyl (C=O) groups is 1. The Labute approximate surface area is 87.6 Å². The first-order chi connectivity index (χ1) is 6.61. The van der Waals surface area contributed by atoms with E-state index in [1.54, 1.807) is 12.1 Å². The fraction of sp³-hybridized carbons (Fsp3) is 0.300. The third-order valence-corrected chi connectivity index (χ3v) is 2.39. The molecule has 0 aliphatic carbocycles. The maximum Gasteiger partial charge on any atom is 0.343 e. The van der Waals surface area contributed by atoms with E-state index in [-0.39, 0.29) is 5.56 Å². The number of rotatable bonds is 2. The summed E-state index contributed by atoms with van der Waals surface area (Å²) in [6.45, 7) is 1.81. The van der Waals surface area contributed by atoms with Crippen LogP contribution in [0.5, 0.6) is 5.75 Å². The van der Waals surface area contributed by atoms with E-state index < -0.39 is 5.97 Å². The fourth-order valence-corrected chi connectivity index (χ4v) is 1.36. The quantitative estimate of drug-likeness (QED) is 0.710. The van der Waals surface area contributed by atoms with Crippen molar-refractivity contribution in [2.75, 3.05) is 14.2 Å². The average molecular weight is 215 g/mol. The zero-order chi connectivity index (χ0) is 10.7. The third-order valence-electron chi connectivity index (χ3n) is 1.91. The van der Waals surface area contributed by atoms with Gasteiger partial charge in [-0.05, 0) is 18.6 Å². The van der Waals surface area contributed by atoms with Crippen LogP contribution in [0.15, 0.2) is 12.1 Å². The summed E-state index contributed by atoms with van der Waals surface area (Å²) in [5, 5.41) is 0.371. The van der Waals surface area contributed by atoms with Crippen LogP contribution in [0.4, 0.5) is 0 Å². The molecule has 3 nitrogen and oxygen atoms in total. The van der Waals surface area contributed by atoms with Crippen LogP contribution in [-0.4, -0.2) is 20.2 Å². The van der Waals surface area contributed by atoms with Crippen LogP contribution in [0, 0.1) is 6.92 Å². The van der Waals surface area contributed by atoms with E-state index in [9.17, 15) is 4.79 Å². The Kier molecular flexibility index (Phi) is 3.36. The zero-order valence-corrected chi connectivity index (χ0v) is 9.01. The van der Waals surface area contributed by atoms with Crippen LogP contribution in [-0.2, 0) is 4.74 Å². The Morgan fingerprint density at radius 1 is 1.36 bits per heavy atom. The Morgan fingerprint density at radius 2 is 2.00 bits per heavy atom. The molecule has 1 aromatic carbocycles. The van der Waals surface area contributed by atoms with Gasteiger partial charge in [-0.1, -0.05) is 17.7 Å². The number of benzene rings is 1. The molecule has 0 saturated carbocycles. The molecule has 0 radical (unpaired) electrons.